The first-order chi connectivity index (χ1) is 13.3. The maximum Gasteiger partial charge on any atom is 0.244 e. The maximum atomic E-state index is 12.8. The molecule has 0 aliphatic carbocycles. The van der Waals surface area contributed by atoms with Crippen LogP contribution in [0.3, 0.4) is 0 Å². The number of hydrogen-bond acceptors (Lipinski definition) is 5. The largest absolute Gasteiger partial charge is 0.348 e. The second-order valence-electron chi connectivity index (χ2n) is 7.15. The first-order valence-corrected chi connectivity index (χ1v) is 12.7. The predicted octanol–water partition coefficient (Wildman–Crippen LogP) is 2.43. The van der Waals surface area contributed by atoms with E-state index in [4.69, 9.17) is 0 Å². The van der Waals surface area contributed by atoms with Gasteiger partial charge in [-0.05, 0) is 56.2 Å². The lowest BCUT2D eigenvalue weighted by atomic mass is 10.1. The van der Waals surface area contributed by atoms with Gasteiger partial charge in [0, 0.05) is 6.26 Å². The number of sulfonamides is 1. The number of nitrogens with zero attached hydrogens (tertiary/aromatic N) is 1. The summed E-state index contributed by atoms with van der Waals surface area (Å²) >= 11 is 0. The smallest absolute Gasteiger partial charge is 0.244 e. The molecule has 2 aromatic rings. The van der Waals surface area contributed by atoms with E-state index in [1.54, 1.807) is 37.3 Å². The van der Waals surface area contributed by atoms with Gasteiger partial charge in [-0.25, -0.2) is 16.8 Å². The molecule has 0 bridgehead atoms. The Labute approximate surface area is 172 Å². The maximum absolute atomic E-state index is 12.8. The van der Waals surface area contributed by atoms with Crippen molar-refractivity contribution < 1.29 is 21.6 Å². The van der Waals surface area contributed by atoms with E-state index in [0.717, 1.165) is 22.4 Å². The van der Waals surface area contributed by atoms with Gasteiger partial charge in [-0.1, -0.05) is 24.3 Å². The lowest BCUT2D eigenvalue weighted by Gasteiger charge is -2.29. The minimum absolute atomic E-state index is 0.191. The first-order valence-electron chi connectivity index (χ1n) is 8.97. The van der Waals surface area contributed by atoms with E-state index in [9.17, 15) is 21.6 Å². The Hall–Kier alpha value is -2.39. The number of carbonyl (C=O) groups is 1. The van der Waals surface area contributed by atoms with E-state index in [1.165, 1.54) is 19.1 Å². The minimum Gasteiger partial charge on any atom is -0.348 e. The molecular weight excluding hydrogens is 412 g/mol. The van der Waals surface area contributed by atoms with Crippen LogP contribution in [-0.4, -0.2) is 41.3 Å². The molecular formula is C20H26N2O5S2. The Morgan fingerprint density at radius 1 is 0.966 bits per heavy atom. The molecule has 0 aliphatic heterocycles. The van der Waals surface area contributed by atoms with Gasteiger partial charge < -0.3 is 5.32 Å². The van der Waals surface area contributed by atoms with Gasteiger partial charge in [0.25, 0.3) is 0 Å². The second kappa shape index (κ2) is 8.54. The normalized spacial score (nSPS) is 14.1. The van der Waals surface area contributed by atoms with E-state index in [2.05, 4.69) is 5.32 Å². The van der Waals surface area contributed by atoms with Crippen molar-refractivity contribution in [2.24, 2.45) is 0 Å². The fourth-order valence-corrected chi connectivity index (χ4v) is 4.79. The van der Waals surface area contributed by atoms with E-state index in [1.807, 2.05) is 13.0 Å². The molecule has 0 spiro atoms. The molecule has 0 fully saturated rings. The van der Waals surface area contributed by atoms with E-state index in [0.29, 0.717) is 11.3 Å². The summed E-state index contributed by atoms with van der Waals surface area (Å²) in [6.45, 7) is 5.12. The Morgan fingerprint density at radius 3 is 2.03 bits per heavy atom. The lowest BCUT2D eigenvalue weighted by molar-refractivity contribution is -0.122. The average Bonchev–Trinajstić information content (AvgIpc) is 2.60. The number of aryl methyl sites for hydroxylation is 1. The summed E-state index contributed by atoms with van der Waals surface area (Å²) in [4.78, 5) is 13.0. The van der Waals surface area contributed by atoms with Gasteiger partial charge in [0.05, 0.1) is 22.9 Å². The minimum atomic E-state index is -3.70. The topological polar surface area (TPSA) is 101 Å². The van der Waals surface area contributed by atoms with Crippen LogP contribution in [0.15, 0.2) is 53.4 Å². The molecule has 0 aromatic heterocycles. The third-order valence-electron chi connectivity index (χ3n) is 4.51. The van der Waals surface area contributed by atoms with Crippen molar-refractivity contribution >= 4 is 31.5 Å². The quantitative estimate of drug-likeness (QED) is 0.716. The lowest BCUT2D eigenvalue weighted by Crippen LogP contribution is -2.48. The van der Waals surface area contributed by atoms with E-state index in [-0.39, 0.29) is 4.90 Å². The zero-order valence-electron chi connectivity index (χ0n) is 17.1. The monoisotopic (exact) mass is 438 g/mol. The molecule has 158 valence electrons. The van der Waals surface area contributed by atoms with Gasteiger partial charge in [0.2, 0.25) is 15.9 Å². The van der Waals surface area contributed by atoms with Crippen molar-refractivity contribution in [1.82, 2.24) is 5.32 Å². The number of sulfone groups is 1. The second-order valence-corrected chi connectivity index (χ2v) is 11.0. The molecule has 1 amide bonds. The number of rotatable bonds is 7. The number of hydrogen-bond donors (Lipinski definition) is 1. The summed E-state index contributed by atoms with van der Waals surface area (Å²) in [6, 6.07) is 11.7. The van der Waals surface area contributed by atoms with Crippen LogP contribution in [0.2, 0.25) is 0 Å². The molecule has 9 heteroatoms. The molecule has 29 heavy (non-hydrogen) atoms. The van der Waals surface area contributed by atoms with Crippen LogP contribution >= 0.6 is 0 Å². The van der Waals surface area contributed by atoms with Crippen LogP contribution in [-0.2, 0) is 24.7 Å². The van der Waals surface area contributed by atoms with Crippen LogP contribution in [0.4, 0.5) is 5.69 Å². The fourth-order valence-electron chi connectivity index (χ4n) is 2.99. The van der Waals surface area contributed by atoms with Gasteiger partial charge in [-0.2, -0.15) is 0 Å². The summed E-state index contributed by atoms with van der Waals surface area (Å²) in [6.07, 6.45) is 2.19. The molecule has 0 saturated carbocycles. The molecule has 2 aromatic carbocycles. The third kappa shape index (κ3) is 5.80. The fraction of sp³-hybridized carbons (Fsp3) is 0.350. The highest BCUT2D eigenvalue weighted by molar-refractivity contribution is 7.92. The molecule has 1 N–H and O–H groups in total. The van der Waals surface area contributed by atoms with E-state index < -0.39 is 37.9 Å². The van der Waals surface area contributed by atoms with Crippen molar-refractivity contribution in [1.29, 1.82) is 0 Å². The molecule has 0 radical (unpaired) electrons. The van der Waals surface area contributed by atoms with Gasteiger partial charge >= 0.3 is 0 Å². The van der Waals surface area contributed by atoms with Crippen molar-refractivity contribution in [2.45, 2.75) is 37.8 Å². The van der Waals surface area contributed by atoms with Crippen molar-refractivity contribution in [3.05, 3.63) is 59.7 Å². The van der Waals surface area contributed by atoms with E-state index >= 15 is 0 Å². The Balaban J connectivity index is 2.23. The average molecular weight is 439 g/mol. The molecule has 0 saturated heterocycles. The Bertz CT molecular complexity index is 1090. The summed E-state index contributed by atoms with van der Waals surface area (Å²) in [5.41, 5.74) is 2.00. The summed E-state index contributed by atoms with van der Waals surface area (Å²) in [5, 5.41) is 2.80. The summed E-state index contributed by atoms with van der Waals surface area (Å²) in [7, 11) is -7.00. The number of carbonyl (C=O) groups excluding carboxylic acids is 1. The van der Waals surface area contributed by atoms with Crippen LogP contribution in [0, 0.1) is 6.92 Å². The molecule has 2 atom stereocenters. The standard InChI is InChI=1S/C20H26N2O5S2/c1-14-7-6-8-18(13-14)22(29(5,26)27)16(3)20(23)21-15(2)17-9-11-19(12-10-17)28(4,24)25/h6-13,15-16H,1-5H3,(H,21,23)/t15-,16-/m0/s1. The Morgan fingerprint density at radius 2 is 1.55 bits per heavy atom. The molecule has 0 aliphatic rings. The van der Waals surface area contributed by atoms with Crippen LogP contribution in [0.5, 0.6) is 0 Å². The summed E-state index contributed by atoms with van der Waals surface area (Å²) in [5.74, 6) is -0.461. The molecule has 7 nitrogen and oxygen atoms in total. The summed E-state index contributed by atoms with van der Waals surface area (Å²) < 4.78 is 49.0. The van der Waals surface area contributed by atoms with Gasteiger partial charge in [-0.15, -0.1) is 0 Å². The van der Waals surface area contributed by atoms with Crippen LogP contribution < -0.4 is 9.62 Å². The number of anilines is 1. The SMILES string of the molecule is Cc1cccc(N([C@@H](C)C(=O)N[C@@H](C)c2ccc(S(C)(=O)=O)cc2)S(C)(=O)=O)c1. The van der Waals surface area contributed by atoms with Crippen molar-refractivity contribution in [3.8, 4) is 0 Å². The zero-order chi connectivity index (χ0) is 22.0. The Kier molecular flexibility index (Phi) is 6.74. The number of benzene rings is 2. The predicted molar refractivity (Wildman–Crippen MR) is 114 cm³/mol. The van der Waals surface area contributed by atoms with Crippen molar-refractivity contribution in [2.75, 3.05) is 16.8 Å². The molecule has 2 rings (SSSR count). The number of nitrogens with one attached hydrogen (secondary N) is 1. The van der Waals surface area contributed by atoms with Gasteiger partial charge in [-0.3, -0.25) is 9.10 Å². The highest BCUT2D eigenvalue weighted by atomic mass is 32.2. The highest BCUT2D eigenvalue weighted by Crippen LogP contribution is 2.23. The number of amides is 1. The zero-order valence-corrected chi connectivity index (χ0v) is 18.7. The van der Waals surface area contributed by atoms with Gasteiger partial charge in [0.1, 0.15) is 6.04 Å². The van der Waals surface area contributed by atoms with Crippen molar-refractivity contribution in [3.63, 3.8) is 0 Å². The molecule has 0 unspecified atom stereocenters. The van der Waals surface area contributed by atoms with Gasteiger partial charge in [0.15, 0.2) is 9.84 Å². The highest BCUT2D eigenvalue weighted by Gasteiger charge is 2.30. The van der Waals surface area contributed by atoms with Crippen LogP contribution in [0.1, 0.15) is 31.0 Å². The first kappa shape index (κ1) is 22.9. The third-order valence-corrected chi connectivity index (χ3v) is 6.88. The molecule has 0 heterocycles. The van der Waals surface area contributed by atoms with Crippen LogP contribution in [0.25, 0.3) is 0 Å².